The first kappa shape index (κ1) is 10.2. The second kappa shape index (κ2) is 4.06. The first-order chi connectivity index (χ1) is 6.68. The van der Waals surface area contributed by atoms with Crippen LogP contribution in [0.1, 0.15) is 52.4 Å². The standard InChI is InChI=1S/C13H23N/c1-13(2)10-6-5-9-12(13)14-11-7-3-4-8-11/h3-4,11-12,14H,5-10H2,1-2H3. The molecule has 1 heteroatoms. The van der Waals surface area contributed by atoms with Crippen LogP contribution in [0.4, 0.5) is 0 Å². The summed E-state index contributed by atoms with van der Waals surface area (Å²) in [5.41, 5.74) is 0.515. The molecule has 0 bridgehead atoms. The summed E-state index contributed by atoms with van der Waals surface area (Å²) >= 11 is 0. The molecule has 0 saturated heterocycles. The van der Waals surface area contributed by atoms with Gasteiger partial charge in [0.25, 0.3) is 0 Å². The molecule has 14 heavy (non-hydrogen) atoms. The van der Waals surface area contributed by atoms with Gasteiger partial charge < -0.3 is 5.32 Å². The van der Waals surface area contributed by atoms with Crippen LogP contribution in [0.2, 0.25) is 0 Å². The number of hydrogen-bond acceptors (Lipinski definition) is 1. The summed E-state index contributed by atoms with van der Waals surface area (Å²) in [6.07, 6.45) is 12.7. The first-order valence-corrected chi connectivity index (χ1v) is 6.09. The van der Waals surface area contributed by atoms with Crippen LogP contribution in [0.5, 0.6) is 0 Å². The Balaban J connectivity index is 1.88. The fourth-order valence-corrected chi connectivity index (χ4v) is 2.84. The van der Waals surface area contributed by atoms with E-state index in [1.165, 1.54) is 38.5 Å². The maximum Gasteiger partial charge on any atom is 0.0139 e. The molecule has 1 nitrogen and oxygen atoms in total. The predicted octanol–water partition coefficient (Wildman–Crippen LogP) is 3.26. The molecule has 0 amide bonds. The molecule has 2 aliphatic carbocycles. The van der Waals surface area contributed by atoms with Crippen molar-refractivity contribution in [3.05, 3.63) is 12.2 Å². The van der Waals surface area contributed by atoms with E-state index < -0.39 is 0 Å². The average Bonchev–Trinajstić information content (AvgIpc) is 2.61. The molecule has 0 spiro atoms. The monoisotopic (exact) mass is 193 g/mol. The van der Waals surface area contributed by atoms with Crippen LogP contribution in [-0.2, 0) is 0 Å². The minimum Gasteiger partial charge on any atom is -0.310 e. The quantitative estimate of drug-likeness (QED) is 0.664. The summed E-state index contributed by atoms with van der Waals surface area (Å²) in [4.78, 5) is 0. The molecule has 0 radical (unpaired) electrons. The molecule has 0 aliphatic heterocycles. The fourth-order valence-electron chi connectivity index (χ4n) is 2.84. The lowest BCUT2D eigenvalue weighted by Crippen LogP contribution is -2.47. The predicted molar refractivity (Wildman–Crippen MR) is 61.3 cm³/mol. The molecule has 1 unspecified atom stereocenters. The van der Waals surface area contributed by atoms with Crippen molar-refractivity contribution in [2.24, 2.45) is 5.41 Å². The van der Waals surface area contributed by atoms with Gasteiger partial charge in [0.2, 0.25) is 0 Å². The third-order valence-electron chi connectivity index (χ3n) is 3.95. The summed E-state index contributed by atoms with van der Waals surface area (Å²) in [5.74, 6) is 0. The molecule has 80 valence electrons. The van der Waals surface area contributed by atoms with Crippen molar-refractivity contribution in [3.8, 4) is 0 Å². The summed E-state index contributed by atoms with van der Waals surface area (Å²) in [6.45, 7) is 4.85. The van der Waals surface area contributed by atoms with Crippen LogP contribution in [-0.4, -0.2) is 12.1 Å². The van der Waals surface area contributed by atoms with Gasteiger partial charge in [0.1, 0.15) is 0 Å². The van der Waals surface area contributed by atoms with Crippen molar-refractivity contribution in [2.45, 2.75) is 64.5 Å². The molecule has 2 aliphatic rings. The van der Waals surface area contributed by atoms with Gasteiger partial charge in [-0.3, -0.25) is 0 Å². The van der Waals surface area contributed by atoms with E-state index in [9.17, 15) is 0 Å². The van der Waals surface area contributed by atoms with Gasteiger partial charge in [-0.1, -0.05) is 38.8 Å². The van der Waals surface area contributed by atoms with Crippen LogP contribution in [0.15, 0.2) is 12.2 Å². The van der Waals surface area contributed by atoms with Crippen LogP contribution >= 0.6 is 0 Å². The Kier molecular flexibility index (Phi) is 2.96. The van der Waals surface area contributed by atoms with Crippen LogP contribution in [0.25, 0.3) is 0 Å². The highest BCUT2D eigenvalue weighted by Crippen LogP contribution is 2.36. The molecule has 0 aromatic carbocycles. The van der Waals surface area contributed by atoms with Gasteiger partial charge in [-0.25, -0.2) is 0 Å². The van der Waals surface area contributed by atoms with Gasteiger partial charge in [-0.2, -0.15) is 0 Å². The second-order valence-electron chi connectivity index (χ2n) is 5.59. The zero-order chi connectivity index (χ0) is 10.0. The maximum absolute atomic E-state index is 3.85. The van der Waals surface area contributed by atoms with Crippen molar-refractivity contribution < 1.29 is 0 Å². The minimum atomic E-state index is 0.515. The summed E-state index contributed by atoms with van der Waals surface area (Å²) in [5, 5.41) is 3.85. The lowest BCUT2D eigenvalue weighted by molar-refractivity contribution is 0.156. The molecule has 1 saturated carbocycles. The highest BCUT2D eigenvalue weighted by Gasteiger charge is 2.33. The topological polar surface area (TPSA) is 12.0 Å². The molecule has 1 atom stereocenters. The zero-order valence-corrected chi connectivity index (χ0v) is 9.55. The van der Waals surface area contributed by atoms with Crippen molar-refractivity contribution in [1.82, 2.24) is 5.32 Å². The smallest absolute Gasteiger partial charge is 0.0139 e. The van der Waals surface area contributed by atoms with Gasteiger partial charge >= 0.3 is 0 Å². The normalized spacial score (nSPS) is 32.3. The van der Waals surface area contributed by atoms with Crippen LogP contribution < -0.4 is 5.32 Å². The van der Waals surface area contributed by atoms with E-state index in [4.69, 9.17) is 0 Å². The Morgan fingerprint density at radius 1 is 1.14 bits per heavy atom. The van der Waals surface area contributed by atoms with Gasteiger partial charge in [-0.15, -0.1) is 0 Å². The van der Waals surface area contributed by atoms with Gasteiger partial charge in [0.15, 0.2) is 0 Å². The van der Waals surface area contributed by atoms with Crippen molar-refractivity contribution in [2.75, 3.05) is 0 Å². The summed E-state index contributed by atoms with van der Waals surface area (Å²) in [6, 6.07) is 1.48. The Morgan fingerprint density at radius 2 is 1.86 bits per heavy atom. The first-order valence-electron chi connectivity index (χ1n) is 6.09. The van der Waals surface area contributed by atoms with E-state index in [1.807, 2.05) is 0 Å². The number of nitrogens with one attached hydrogen (secondary N) is 1. The Hall–Kier alpha value is -0.300. The molecule has 1 fully saturated rings. The van der Waals surface area contributed by atoms with Crippen molar-refractivity contribution in [3.63, 3.8) is 0 Å². The molecule has 0 heterocycles. The molecule has 2 rings (SSSR count). The maximum atomic E-state index is 3.85. The fraction of sp³-hybridized carbons (Fsp3) is 0.846. The molecule has 1 N–H and O–H groups in total. The van der Waals surface area contributed by atoms with Crippen molar-refractivity contribution in [1.29, 1.82) is 0 Å². The van der Waals surface area contributed by atoms with E-state index in [2.05, 4.69) is 31.3 Å². The highest BCUT2D eigenvalue weighted by molar-refractivity contribution is 5.00. The van der Waals surface area contributed by atoms with E-state index >= 15 is 0 Å². The number of hydrogen-bond donors (Lipinski definition) is 1. The highest BCUT2D eigenvalue weighted by atomic mass is 15.0. The summed E-state index contributed by atoms with van der Waals surface area (Å²) < 4.78 is 0. The lowest BCUT2D eigenvalue weighted by atomic mass is 9.73. The minimum absolute atomic E-state index is 0.515. The summed E-state index contributed by atoms with van der Waals surface area (Å²) in [7, 11) is 0. The number of rotatable bonds is 2. The van der Waals surface area contributed by atoms with E-state index in [0.717, 1.165) is 12.1 Å². The molecular weight excluding hydrogens is 170 g/mol. The van der Waals surface area contributed by atoms with E-state index in [1.54, 1.807) is 0 Å². The Labute approximate surface area is 88.0 Å². The van der Waals surface area contributed by atoms with Gasteiger partial charge in [0.05, 0.1) is 0 Å². The second-order valence-corrected chi connectivity index (χ2v) is 5.59. The zero-order valence-electron chi connectivity index (χ0n) is 9.55. The van der Waals surface area contributed by atoms with E-state index in [-0.39, 0.29) is 0 Å². The molecule has 0 aromatic heterocycles. The van der Waals surface area contributed by atoms with Gasteiger partial charge in [0, 0.05) is 12.1 Å². The van der Waals surface area contributed by atoms with Crippen LogP contribution in [0, 0.1) is 5.41 Å². The third-order valence-corrected chi connectivity index (χ3v) is 3.95. The van der Waals surface area contributed by atoms with Gasteiger partial charge in [-0.05, 0) is 31.1 Å². The average molecular weight is 193 g/mol. The molecule has 0 aromatic rings. The largest absolute Gasteiger partial charge is 0.310 e. The van der Waals surface area contributed by atoms with Crippen molar-refractivity contribution >= 4 is 0 Å². The molecular formula is C13H23N. The lowest BCUT2D eigenvalue weighted by Gasteiger charge is -2.40. The SMILES string of the molecule is CC1(C)CCCCC1NC1CC=CC1. The third kappa shape index (κ3) is 2.20. The van der Waals surface area contributed by atoms with Crippen LogP contribution in [0.3, 0.4) is 0 Å². The Bertz CT molecular complexity index is 209. The Morgan fingerprint density at radius 3 is 2.50 bits per heavy atom. The van der Waals surface area contributed by atoms with E-state index in [0.29, 0.717) is 5.41 Å².